The Hall–Kier alpha value is -1.72. The molecule has 1 heterocycles. The van der Waals surface area contributed by atoms with Gasteiger partial charge in [0.15, 0.2) is 0 Å². The normalized spacial score (nSPS) is 18.3. The van der Waals surface area contributed by atoms with Gasteiger partial charge in [0, 0.05) is 50.6 Å². The quantitative estimate of drug-likeness (QED) is 0.720. The molecule has 1 amide bonds. The summed E-state index contributed by atoms with van der Waals surface area (Å²) < 4.78 is 0. The Balaban J connectivity index is 1.64. The van der Waals surface area contributed by atoms with Crippen LogP contribution in [0, 0.1) is 0 Å². The molecule has 1 aliphatic rings. The van der Waals surface area contributed by atoms with Gasteiger partial charge in [0.05, 0.1) is 0 Å². The summed E-state index contributed by atoms with van der Waals surface area (Å²) in [6, 6.07) is 11.0. The number of ketones is 1. The van der Waals surface area contributed by atoms with Crippen LogP contribution in [0.25, 0.3) is 0 Å². The summed E-state index contributed by atoms with van der Waals surface area (Å²) in [5, 5.41) is 6.43. The van der Waals surface area contributed by atoms with E-state index < -0.39 is 5.54 Å². The van der Waals surface area contributed by atoms with Crippen molar-refractivity contribution in [3.8, 4) is 0 Å². The average molecular weight is 345 g/mol. The molecule has 1 atom stereocenters. The van der Waals surface area contributed by atoms with Crippen LogP contribution in [0.3, 0.4) is 0 Å². The summed E-state index contributed by atoms with van der Waals surface area (Å²) >= 11 is 0. The van der Waals surface area contributed by atoms with Gasteiger partial charge < -0.3 is 10.6 Å². The molecule has 0 unspecified atom stereocenters. The molecule has 1 aromatic rings. The van der Waals surface area contributed by atoms with Crippen LogP contribution in [0.2, 0.25) is 0 Å². The summed E-state index contributed by atoms with van der Waals surface area (Å²) in [5.74, 6) is 0.0887. The lowest BCUT2D eigenvalue weighted by molar-refractivity contribution is -0.123. The van der Waals surface area contributed by atoms with Crippen molar-refractivity contribution in [2.45, 2.75) is 58.2 Å². The van der Waals surface area contributed by atoms with Gasteiger partial charge in [0.2, 0.25) is 5.91 Å². The highest BCUT2D eigenvalue weighted by atomic mass is 16.2. The van der Waals surface area contributed by atoms with Crippen molar-refractivity contribution >= 4 is 11.7 Å². The number of hydrogen-bond donors (Lipinski definition) is 2. The minimum atomic E-state index is -0.469. The first-order valence-electron chi connectivity index (χ1n) is 9.14. The standard InChI is InChI=1S/C20H31N3O2/c1-16(24)13-20(2,3)22-19(25)9-11-21-18-10-12-23(15-18)14-17-7-5-4-6-8-17/h4-8,18,21H,9-15H2,1-3H3,(H,22,25)/t18-/m1/s1. The number of carbonyl (C=O) groups excluding carboxylic acids is 2. The van der Waals surface area contributed by atoms with Crippen LogP contribution >= 0.6 is 0 Å². The second-order valence-electron chi connectivity index (χ2n) is 7.72. The van der Waals surface area contributed by atoms with Crippen LogP contribution in [0.15, 0.2) is 30.3 Å². The molecule has 2 rings (SSSR count). The van der Waals surface area contributed by atoms with Gasteiger partial charge in [-0.15, -0.1) is 0 Å². The van der Waals surface area contributed by atoms with E-state index in [1.807, 2.05) is 19.9 Å². The molecule has 0 bridgehead atoms. The van der Waals surface area contributed by atoms with Crippen LogP contribution in [-0.4, -0.2) is 47.8 Å². The number of rotatable bonds is 9. The van der Waals surface area contributed by atoms with Crippen LogP contribution in [0.4, 0.5) is 0 Å². The van der Waals surface area contributed by atoms with Gasteiger partial charge in [-0.1, -0.05) is 30.3 Å². The Morgan fingerprint density at radius 3 is 2.64 bits per heavy atom. The Morgan fingerprint density at radius 2 is 1.96 bits per heavy atom. The number of amides is 1. The largest absolute Gasteiger partial charge is 0.351 e. The Morgan fingerprint density at radius 1 is 1.24 bits per heavy atom. The molecule has 2 N–H and O–H groups in total. The molecule has 5 nitrogen and oxygen atoms in total. The Bertz CT molecular complexity index is 572. The summed E-state index contributed by atoms with van der Waals surface area (Å²) in [7, 11) is 0. The molecule has 1 aliphatic heterocycles. The average Bonchev–Trinajstić information content (AvgIpc) is 2.93. The van der Waals surface area contributed by atoms with E-state index in [0.717, 1.165) is 26.1 Å². The highest BCUT2D eigenvalue weighted by Gasteiger charge is 2.24. The van der Waals surface area contributed by atoms with E-state index in [0.29, 0.717) is 25.4 Å². The number of benzene rings is 1. The maximum atomic E-state index is 12.0. The predicted octanol–water partition coefficient (Wildman–Crippen LogP) is 2.11. The molecular formula is C20H31N3O2. The Labute approximate surface area is 151 Å². The van der Waals surface area contributed by atoms with Crippen molar-refractivity contribution in [1.82, 2.24) is 15.5 Å². The van der Waals surface area contributed by atoms with Crippen LogP contribution in [0.1, 0.15) is 45.6 Å². The minimum Gasteiger partial charge on any atom is -0.351 e. The van der Waals surface area contributed by atoms with Crippen LogP contribution in [-0.2, 0) is 16.1 Å². The van der Waals surface area contributed by atoms with E-state index in [2.05, 4.69) is 39.8 Å². The second kappa shape index (κ2) is 9.11. The van der Waals surface area contributed by atoms with Crippen molar-refractivity contribution in [1.29, 1.82) is 0 Å². The first-order chi connectivity index (χ1) is 11.8. The molecule has 1 fully saturated rings. The van der Waals surface area contributed by atoms with Crippen LogP contribution in [0.5, 0.6) is 0 Å². The van der Waals surface area contributed by atoms with E-state index in [1.165, 1.54) is 5.56 Å². The zero-order valence-electron chi connectivity index (χ0n) is 15.7. The molecule has 5 heteroatoms. The first-order valence-corrected chi connectivity index (χ1v) is 9.14. The SMILES string of the molecule is CC(=O)CC(C)(C)NC(=O)CCN[C@@H]1CCN(Cc2ccccc2)C1. The monoisotopic (exact) mass is 345 g/mol. The van der Waals surface area contributed by atoms with Gasteiger partial charge in [-0.2, -0.15) is 0 Å². The van der Waals surface area contributed by atoms with Gasteiger partial charge in [0.25, 0.3) is 0 Å². The van der Waals surface area contributed by atoms with Gasteiger partial charge >= 0.3 is 0 Å². The van der Waals surface area contributed by atoms with Crippen molar-refractivity contribution in [3.05, 3.63) is 35.9 Å². The fourth-order valence-corrected chi connectivity index (χ4v) is 3.48. The summed E-state index contributed by atoms with van der Waals surface area (Å²) in [4.78, 5) is 25.7. The second-order valence-corrected chi connectivity index (χ2v) is 7.72. The fourth-order valence-electron chi connectivity index (χ4n) is 3.48. The highest BCUT2D eigenvalue weighted by molar-refractivity contribution is 5.80. The first kappa shape index (κ1) is 19.6. The summed E-state index contributed by atoms with van der Waals surface area (Å²) in [6.45, 7) is 9.09. The number of nitrogens with one attached hydrogen (secondary N) is 2. The summed E-state index contributed by atoms with van der Waals surface area (Å²) in [5.41, 5.74) is 0.873. The lowest BCUT2D eigenvalue weighted by atomic mass is 9.98. The van der Waals surface area contributed by atoms with Crippen molar-refractivity contribution in [2.24, 2.45) is 0 Å². The number of hydrogen-bond acceptors (Lipinski definition) is 4. The van der Waals surface area contributed by atoms with E-state index in [4.69, 9.17) is 0 Å². The molecule has 0 radical (unpaired) electrons. The third kappa shape index (κ3) is 7.36. The highest BCUT2D eigenvalue weighted by Crippen LogP contribution is 2.13. The van der Waals surface area contributed by atoms with Crippen molar-refractivity contribution < 1.29 is 9.59 Å². The van der Waals surface area contributed by atoms with Crippen molar-refractivity contribution in [3.63, 3.8) is 0 Å². The van der Waals surface area contributed by atoms with E-state index in [-0.39, 0.29) is 11.7 Å². The molecule has 0 aliphatic carbocycles. The zero-order valence-corrected chi connectivity index (χ0v) is 15.7. The third-order valence-electron chi connectivity index (χ3n) is 4.48. The molecule has 25 heavy (non-hydrogen) atoms. The lowest BCUT2D eigenvalue weighted by Gasteiger charge is -2.25. The molecule has 138 valence electrons. The molecule has 0 spiro atoms. The predicted molar refractivity (Wildman–Crippen MR) is 100 cm³/mol. The molecule has 0 aromatic heterocycles. The van der Waals surface area contributed by atoms with E-state index >= 15 is 0 Å². The van der Waals surface area contributed by atoms with E-state index in [1.54, 1.807) is 6.92 Å². The maximum Gasteiger partial charge on any atom is 0.221 e. The van der Waals surface area contributed by atoms with E-state index in [9.17, 15) is 9.59 Å². The molecule has 0 saturated carbocycles. The number of nitrogens with zero attached hydrogens (tertiary/aromatic N) is 1. The smallest absolute Gasteiger partial charge is 0.221 e. The zero-order chi connectivity index (χ0) is 18.3. The van der Waals surface area contributed by atoms with Gasteiger partial charge in [0.1, 0.15) is 5.78 Å². The van der Waals surface area contributed by atoms with Crippen LogP contribution < -0.4 is 10.6 Å². The number of carbonyl (C=O) groups is 2. The Kier molecular flexibility index (Phi) is 7.14. The molecule has 1 saturated heterocycles. The lowest BCUT2D eigenvalue weighted by Crippen LogP contribution is -2.45. The van der Waals surface area contributed by atoms with Gasteiger partial charge in [-0.05, 0) is 32.8 Å². The summed E-state index contributed by atoms with van der Waals surface area (Å²) in [6.07, 6.45) is 1.92. The maximum absolute atomic E-state index is 12.0. The van der Waals surface area contributed by atoms with Gasteiger partial charge in [-0.3, -0.25) is 14.5 Å². The fraction of sp³-hybridized carbons (Fsp3) is 0.600. The number of likely N-dealkylation sites (tertiary alicyclic amines) is 1. The topological polar surface area (TPSA) is 61.4 Å². The number of Topliss-reactive ketones (excluding diaryl/α,β-unsaturated/α-hetero) is 1. The van der Waals surface area contributed by atoms with Gasteiger partial charge in [-0.25, -0.2) is 0 Å². The van der Waals surface area contributed by atoms with Crippen molar-refractivity contribution in [2.75, 3.05) is 19.6 Å². The molecular weight excluding hydrogens is 314 g/mol. The third-order valence-corrected chi connectivity index (χ3v) is 4.48. The minimum absolute atomic E-state index is 0.00195. The molecule has 1 aromatic carbocycles.